The van der Waals surface area contributed by atoms with Gasteiger partial charge >= 0.3 is 5.97 Å². The molecule has 1 atom stereocenters. The van der Waals surface area contributed by atoms with Gasteiger partial charge in [-0.3, -0.25) is 4.79 Å². The number of methoxy groups -OCH3 is 1. The SMILES string of the molecule is COC(=O)C(CNc1ccccc1C)C(C)C. The Kier molecular flexibility index (Phi) is 5.01. The third kappa shape index (κ3) is 3.77. The number of hydrogen-bond donors (Lipinski definition) is 1. The van der Waals surface area contributed by atoms with E-state index in [0.29, 0.717) is 6.54 Å². The first-order valence-electron chi connectivity index (χ1n) is 5.93. The molecule has 1 aromatic carbocycles. The molecule has 3 nitrogen and oxygen atoms in total. The monoisotopic (exact) mass is 235 g/mol. The fourth-order valence-electron chi connectivity index (χ4n) is 1.73. The fourth-order valence-corrected chi connectivity index (χ4v) is 1.73. The molecule has 0 aromatic heterocycles. The Labute approximate surface area is 103 Å². The van der Waals surface area contributed by atoms with Crippen molar-refractivity contribution in [2.75, 3.05) is 19.0 Å². The summed E-state index contributed by atoms with van der Waals surface area (Å²) >= 11 is 0. The standard InChI is InChI=1S/C14H21NO2/c1-10(2)12(14(16)17-4)9-15-13-8-6-5-7-11(13)3/h5-8,10,12,15H,9H2,1-4H3. The fraction of sp³-hybridized carbons (Fsp3) is 0.500. The van der Waals surface area contributed by atoms with Gasteiger partial charge in [0.05, 0.1) is 13.0 Å². The topological polar surface area (TPSA) is 38.3 Å². The van der Waals surface area contributed by atoms with Gasteiger partial charge in [-0.15, -0.1) is 0 Å². The highest BCUT2D eigenvalue weighted by Crippen LogP contribution is 2.17. The number of para-hydroxylation sites is 1. The minimum Gasteiger partial charge on any atom is -0.469 e. The third-order valence-corrected chi connectivity index (χ3v) is 2.97. The van der Waals surface area contributed by atoms with E-state index in [-0.39, 0.29) is 17.8 Å². The molecule has 94 valence electrons. The van der Waals surface area contributed by atoms with Gasteiger partial charge in [0.15, 0.2) is 0 Å². The second kappa shape index (κ2) is 6.28. The molecule has 1 N–H and O–H groups in total. The Hall–Kier alpha value is -1.51. The number of anilines is 1. The number of ether oxygens (including phenoxy) is 1. The highest BCUT2D eigenvalue weighted by Gasteiger charge is 2.22. The molecule has 1 aromatic rings. The van der Waals surface area contributed by atoms with Crippen LogP contribution in [0.3, 0.4) is 0 Å². The van der Waals surface area contributed by atoms with Crippen molar-refractivity contribution in [1.82, 2.24) is 0 Å². The van der Waals surface area contributed by atoms with E-state index >= 15 is 0 Å². The average Bonchev–Trinajstić information content (AvgIpc) is 2.30. The zero-order chi connectivity index (χ0) is 12.8. The number of hydrogen-bond acceptors (Lipinski definition) is 3. The van der Waals surface area contributed by atoms with E-state index in [1.807, 2.05) is 45.0 Å². The number of aryl methyl sites for hydroxylation is 1. The number of nitrogens with one attached hydrogen (secondary N) is 1. The summed E-state index contributed by atoms with van der Waals surface area (Å²) in [6.07, 6.45) is 0. The maximum absolute atomic E-state index is 11.6. The minimum absolute atomic E-state index is 0.111. The number of carbonyl (C=O) groups excluding carboxylic acids is 1. The summed E-state index contributed by atoms with van der Waals surface area (Å²) in [4.78, 5) is 11.6. The van der Waals surface area contributed by atoms with Gasteiger partial charge in [-0.05, 0) is 24.5 Å². The van der Waals surface area contributed by atoms with Gasteiger partial charge in [-0.1, -0.05) is 32.0 Å². The van der Waals surface area contributed by atoms with Gasteiger partial charge in [-0.25, -0.2) is 0 Å². The summed E-state index contributed by atoms with van der Waals surface area (Å²) in [6.45, 7) is 6.71. The van der Waals surface area contributed by atoms with Crippen molar-refractivity contribution in [2.45, 2.75) is 20.8 Å². The normalized spacial score (nSPS) is 12.3. The molecule has 0 saturated carbocycles. The molecule has 1 rings (SSSR count). The highest BCUT2D eigenvalue weighted by molar-refractivity contribution is 5.73. The largest absolute Gasteiger partial charge is 0.469 e. The van der Waals surface area contributed by atoms with Crippen LogP contribution in [0.15, 0.2) is 24.3 Å². The average molecular weight is 235 g/mol. The van der Waals surface area contributed by atoms with Crippen LogP contribution in [0, 0.1) is 18.8 Å². The lowest BCUT2D eigenvalue weighted by molar-refractivity contribution is -0.146. The minimum atomic E-state index is -0.152. The zero-order valence-electron chi connectivity index (χ0n) is 11.0. The summed E-state index contributed by atoms with van der Waals surface area (Å²) in [5.74, 6) is -0.000316. The third-order valence-electron chi connectivity index (χ3n) is 2.97. The number of esters is 1. The summed E-state index contributed by atoms with van der Waals surface area (Å²) < 4.78 is 4.81. The smallest absolute Gasteiger partial charge is 0.310 e. The number of rotatable bonds is 5. The van der Waals surface area contributed by atoms with E-state index in [1.165, 1.54) is 12.7 Å². The van der Waals surface area contributed by atoms with E-state index in [1.54, 1.807) is 0 Å². The van der Waals surface area contributed by atoms with Gasteiger partial charge in [0.25, 0.3) is 0 Å². The van der Waals surface area contributed by atoms with Crippen LogP contribution in [0.25, 0.3) is 0 Å². The van der Waals surface area contributed by atoms with Crippen molar-refractivity contribution in [3.05, 3.63) is 29.8 Å². The van der Waals surface area contributed by atoms with E-state index in [2.05, 4.69) is 5.32 Å². The first kappa shape index (κ1) is 13.6. The molecule has 0 bridgehead atoms. The van der Waals surface area contributed by atoms with Crippen molar-refractivity contribution in [2.24, 2.45) is 11.8 Å². The summed E-state index contributed by atoms with van der Waals surface area (Å²) in [5.41, 5.74) is 2.25. The van der Waals surface area contributed by atoms with Crippen LogP contribution in [0.4, 0.5) is 5.69 Å². The Morgan fingerprint density at radius 1 is 1.35 bits per heavy atom. The van der Waals surface area contributed by atoms with Crippen LogP contribution in [0.1, 0.15) is 19.4 Å². The molecule has 0 aliphatic carbocycles. The molecular weight excluding hydrogens is 214 g/mol. The van der Waals surface area contributed by atoms with Gasteiger partial charge in [-0.2, -0.15) is 0 Å². The molecule has 0 saturated heterocycles. The van der Waals surface area contributed by atoms with Crippen molar-refractivity contribution in [3.8, 4) is 0 Å². The van der Waals surface area contributed by atoms with Crippen LogP contribution in [-0.2, 0) is 9.53 Å². The van der Waals surface area contributed by atoms with Crippen LogP contribution < -0.4 is 5.32 Å². The molecule has 0 heterocycles. The molecule has 0 spiro atoms. The quantitative estimate of drug-likeness (QED) is 0.797. The number of benzene rings is 1. The predicted octanol–water partition coefficient (Wildman–Crippen LogP) is 2.85. The molecule has 0 aliphatic rings. The molecule has 0 aliphatic heterocycles. The Balaban J connectivity index is 2.64. The van der Waals surface area contributed by atoms with Gasteiger partial charge in [0.1, 0.15) is 0 Å². The van der Waals surface area contributed by atoms with Crippen LogP contribution in [0.5, 0.6) is 0 Å². The predicted molar refractivity (Wildman–Crippen MR) is 70.0 cm³/mol. The summed E-state index contributed by atoms with van der Waals surface area (Å²) in [5, 5.41) is 3.31. The Morgan fingerprint density at radius 3 is 2.53 bits per heavy atom. The lowest BCUT2D eigenvalue weighted by atomic mass is 9.96. The lowest BCUT2D eigenvalue weighted by Crippen LogP contribution is -2.29. The van der Waals surface area contributed by atoms with Crippen molar-refractivity contribution >= 4 is 11.7 Å². The highest BCUT2D eigenvalue weighted by atomic mass is 16.5. The van der Waals surface area contributed by atoms with Crippen molar-refractivity contribution in [1.29, 1.82) is 0 Å². The Morgan fingerprint density at radius 2 is 2.00 bits per heavy atom. The van der Waals surface area contributed by atoms with E-state index in [4.69, 9.17) is 4.74 Å². The van der Waals surface area contributed by atoms with Crippen molar-refractivity contribution in [3.63, 3.8) is 0 Å². The van der Waals surface area contributed by atoms with Crippen LogP contribution in [-0.4, -0.2) is 19.6 Å². The van der Waals surface area contributed by atoms with Gasteiger partial charge < -0.3 is 10.1 Å². The molecule has 3 heteroatoms. The maximum Gasteiger partial charge on any atom is 0.310 e. The van der Waals surface area contributed by atoms with Crippen LogP contribution in [0.2, 0.25) is 0 Å². The number of carbonyl (C=O) groups is 1. The van der Waals surface area contributed by atoms with Crippen LogP contribution >= 0.6 is 0 Å². The summed E-state index contributed by atoms with van der Waals surface area (Å²) in [7, 11) is 1.44. The van der Waals surface area contributed by atoms with E-state index in [9.17, 15) is 4.79 Å². The lowest BCUT2D eigenvalue weighted by Gasteiger charge is -2.20. The molecule has 0 fully saturated rings. The molecular formula is C14H21NO2. The van der Waals surface area contributed by atoms with Crippen molar-refractivity contribution < 1.29 is 9.53 Å². The maximum atomic E-state index is 11.6. The second-order valence-corrected chi connectivity index (χ2v) is 4.57. The van der Waals surface area contributed by atoms with E-state index in [0.717, 1.165) is 5.69 Å². The summed E-state index contributed by atoms with van der Waals surface area (Å²) in [6, 6.07) is 8.05. The Bertz CT molecular complexity index is 374. The van der Waals surface area contributed by atoms with E-state index < -0.39 is 0 Å². The first-order valence-corrected chi connectivity index (χ1v) is 5.93. The molecule has 17 heavy (non-hydrogen) atoms. The van der Waals surface area contributed by atoms with Gasteiger partial charge in [0, 0.05) is 12.2 Å². The van der Waals surface area contributed by atoms with Gasteiger partial charge in [0.2, 0.25) is 0 Å². The zero-order valence-corrected chi connectivity index (χ0v) is 11.0. The molecule has 1 unspecified atom stereocenters. The first-order chi connectivity index (χ1) is 8.06. The molecule has 0 amide bonds. The second-order valence-electron chi connectivity index (χ2n) is 4.57. The molecule has 0 radical (unpaired) electrons.